The van der Waals surface area contributed by atoms with Gasteiger partial charge in [-0.2, -0.15) is 0 Å². The summed E-state index contributed by atoms with van der Waals surface area (Å²) in [5, 5.41) is 5.47. The van der Waals surface area contributed by atoms with E-state index in [9.17, 15) is 9.59 Å². The van der Waals surface area contributed by atoms with Gasteiger partial charge in [0, 0.05) is 25.1 Å². The lowest BCUT2D eigenvalue weighted by Crippen LogP contribution is -2.35. The molecule has 6 nitrogen and oxygen atoms in total. The summed E-state index contributed by atoms with van der Waals surface area (Å²) in [7, 11) is 1.57. The molecular formula is C16H24N2O4. The van der Waals surface area contributed by atoms with Crippen molar-refractivity contribution in [2.75, 3.05) is 26.8 Å². The average molecular weight is 308 g/mol. The van der Waals surface area contributed by atoms with Gasteiger partial charge >= 0.3 is 0 Å². The molecule has 0 fully saturated rings. The molecule has 0 aliphatic carbocycles. The van der Waals surface area contributed by atoms with Gasteiger partial charge in [-0.3, -0.25) is 9.59 Å². The van der Waals surface area contributed by atoms with Crippen molar-refractivity contribution in [1.29, 1.82) is 0 Å². The Morgan fingerprint density at radius 3 is 2.32 bits per heavy atom. The van der Waals surface area contributed by atoms with Crippen molar-refractivity contribution in [3.63, 3.8) is 0 Å². The first-order valence-corrected chi connectivity index (χ1v) is 7.33. The molecule has 0 aliphatic heterocycles. The van der Waals surface area contributed by atoms with Crippen LogP contribution in [0, 0.1) is 0 Å². The Morgan fingerprint density at radius 2 is 1.73 bits per heavy atom. The van der Waals surface area contributed by atoms with E-state index in [0.717, 1.165) is 0 Å². The highest BCUT2D eigenvalue weighted by molar-refractivity contribution is 5.94. The summed E-state index contributed by atoms with van der Waals surface area (Å²) in [6, 6.07) is 6.84. The summed E-state index contributed by atoms with van der Waals surface area (Å²) < 4.78 is 10.3. The van der Waals surface area contributed by atoms with Gasteiger partial charge in [0.15, 0.2) is 0 Å². The van der Waals surface area contributed by atoms with Crippen molar-refractivity contribution in [2.45, 2.75) is 26.4 Å². The molecule has 0 radical (unpaired) electrons. The third-order valence-electron chi connectivity index (χ3n) is 2.87. The van der Waals surface area contributed by atoms with E-state index in [-0.39, 0.29) is 17.9 Å². The standard InChI is InChI=1S/C16H24N2O4/c1-12(2)22-11-8-15(19)17-9-10-18-16(20)13-4-6-14(21-3)7-5-13/h4-7,12H,8-11H2,1-3H3,(H,17,19)(H,18,20). The summed E-state index contributed by atoms with van der Waals surface area (Å²) in [5.41, 5.74) is 0.553. The summed E-state index contributed by atoms with van der Waals surface area (Å²) in [6.45, 7) is 5.02. The topological polar surface area (TPSA) is 76.7 Å². The molecule has 0 unspecified atom stereocenters. The first kappa shape index (κ1) is 18.0. The molecule has 22 heavy (non-hydrogen) atoms. The van der Waals surface area contributed by atoms with Crippen LogP contribution in [0.15, 0.2) is 24.3 Å². The maximum Gasteiger partial charge on any atom is 0.251 e. The van der Waals surface area contributed by atoms with E-state index in [1.165, 1.54) is 0 Å². The molecule has 0 spiro atoms. The largest absolute Gasteiger partial charge is 0.497 e. The summed E-state index contributed by atoms with van der Waals surface area (Å²) in [5.74, 6) is 0.437. The number of benzene rings is 1. The molecule has 2 N–H and O–H groups in total. The highest BCUT2D eigenvalue weighted by Gasteiger charge is 2.06. The molecule has 0 heterocycles. The van der Waals surface area contributed by atoms with Gasteiger partial charge < -0.3 is 20.1 Å². The van der Waals surface area contributed by atoms with Gasteiger partial charge in [-0.1, -0.05) is 0 Å². The first-order chi connectivity index (χ1) is 10.5. The SMILES string of the molecule is COc1ccc(C(=O)NCCNC(=O)CCOC(C)C)cc1. The molecule has 0 bridgehead atoms. The Labute approximate surface area is 131 Å². The number of rotatable bonds is 9. The summed E-state index contributed by atoms with van der Waals surface area (Å²) in [4.78, 5) is 23.3. The predicted octanol–water partition coefficient (Wildman–Crippen LogP) is 1.36. The number of ether oxygens (including phenoxy) is 2. The van der Waals surface area contributed by atoms with Crippen LogP contribution in [0.2, 0.25) is 0 Å². The van der Waals surface area contributed by atoms with Gasteiger partial charge in [0.1, 0.15) is 5.75 Å². The minimum absolute atomic E-state index is 0.0839. The van der Waals surface area contributed by atoms with Gasteiger partial charge in [-0.15, -0.1) is 0 Å². The number of methoxy groups -OCH3 is 1. The number of carbonyl (C=O) groups is 2. The van der Waals surface area contributed by atoms with Crippen LogP contribution in [0.25, 0.3) is 0 Å². The Hall–Kier alpha value is -2.08. The number of nitrogens with one attached hydrogen (secondary N) is 2. The van der Waals surface area contributed by atoms with Gasteiger partial charge in [-0.05, 0) is 38.1 Å². The maximum absolute atomic E-state index is 11.9. The van der Waals surface area contributed by atoms with E-state index in [4.69, 9.17) is 9.47 Å². The van der Waals surface area contributed by atoms with Crippen molar-refractivity contribution in [2.24, 2.45) is 0 Å². The average Bonchev–Trinajstić information content (AvgIpc) is 2.51. The van der Waals surface area contributed by atoms with E-state index in [1.54, 1.807) is 31.4 Å². The van der Waals surface area contributed by atoms with E-state index in [2.05, 4.69) is 10.6 Å². The van der Waals surface area contributed by atoms with Crippen molar-refractivity contribution in [1.82, 2.24) is 10.6 Å². The van der Waals surface area contributed by atoms with Crippen LogP contribution in [-0.4, -0.2) is 44.7 Å². The number of carbonyl (C=O) groups excluding carboxylic acids is 2. The Bertz CT molecular complexity index is 472. The zero-order chi connectivity index (χ0) is 16.4. The van der Waals surface area contributed by atoms with Crippen LogP contribution in [0.1, 0.15) is 30.6 Å². The van der Waals surface area contributed by atoms with E-state index in [0.29, 0.717) is 37.4 Å². The second kappa shape index (κ2) is 9.78. The molecule has 122 valence electrons. The van der Waals surface area contributed by atoms with E-state index < -0.39 is 0 Å². The molecule has 1 aromatic carbocycles. The van der Waals surface area contributed by atoms with Crippen molar-refractivity contribution >= 4 is 11.8 Å². The van der Waals surface area contributed by atoms with Crippen molar-refractivity contribution < 1.29 is 19.1 Å². The minimum Gasteiger partial charge on any atom is -0.497 e. The minimum atomic E-state index is -0.181. The molecule has 0 saturated carbocycles. The quantitative estimate of drug-likeness (QED) is 0.675. The van der Waals surface area contributed by atoms with Crippen LogP contribution in [-0.2, 0) is 9.53 Å². The molecule has 1 aromatic rings. The molecular weight excluding hydrogens is 284 g/mol. The third kappa shape index (κ3) is 7.08. The Balaban J connectivity index is 2.17. The first-order valence-electron chi connectivity index (χ1n) is 7.33. The van der Waals surface area contributed by atoms with Gasteiger partial charge in [-0.25, -0.2) is 0 Å². The summed E-state index contributed by atoms with van der Waals surface area (Å²) >= 11 is 0. The normalized spacial score (nSPS) is 10.4. The molecule has 0 saturated heterocycles. The fourth-order valence-corrected chi connectivity index (χ4v) is 1.70. The molecule has 6 heteroatoms. The van der Waals surface area contributed by atoms with Crippen LogP contribution >= 0.6 is 0 Å². The Kier molecular flexibility index (Phi) is 7.99. The predicted molar refractivity (Wildman–Crippen MR) is 84.0 cm³/mol. The second-order valence-corrected chi connectivity index (χ2v) is 5.00. The van der Waals surface area contributed by atoms with E-state index >= 15 is 0 Å². The molecule has 0 atom stereocenters. The zero-order valence-electron chi connectivity index (χ0n) is 13.3. The highest BCUT2D eigenvalue weighted by atomic mass is 16.5. The highest BCUT2D eigenvalue weighted by Crippen LogP contribution is 2.10. The Morgan fingerprint density at radius 1 is 1.09 bits per heavy atom. The number of amides is 2. The van der Waals surface area contributed by atoms with Gasteiger partial charge in [0.25, 0.3) is 5.91 Å². The van der Waals surface area contributed by atoms with E-state index in [1.807, 2.05) is 13.8 Å². The molecule has 2 amide bonds. The fraction of sp³-hybridized carbons (Fsp3) is 0.500. The molecule has 0 aromatic heterocycles. The van der Waals surface area contributed by atoms with Crippen LogP contribution in [0.3, 0.4) is 0 Å². The monoisotopic (exact) mass is 308 g/mol. The lowest BCUT2D eigenvalue weighted by molar-refractivity contribution is -0.122. The second-order valence-electron chi connectivity index (χ2n) is 5.00. The number of hydrogen-bond donors (Lipinski definition) is 2. The van der Waals surface area contributed by atoms with Crippen LogP contribution in [0.5, 0.6) is 5.75 Å². The van der Waals surface area contributed by atoms with Crippen molar-refractivity contribution in [3.8, 4) is 5.75 Å². The zero-order valence-corrected chi connectivity index (χ0v) is 13.3. The lowest BCUT2D eigenvalue weighted by Gasteiger charge is -2.09. The van der Waals surface area contributed by atoms with Gasteiger partial charge in [0.2, 0.25) is 5.91 Å². The lowest BCUT2D eigenvalue weighted by atomic mass is 10.2. The third-order valence-corrected chi connectivity index (χ3v) is 2.87. The van der Waals surface area contributed by atoms with Crippen molar-refractivity contribution in [3.05, 3.63) is 29.8 Å². The number of hydrogen-bond acceptors (Lipinski definition) is 4. The summed E-state index contributed by atoms with van der Waals surface area (Å²) in [6.07, 6.45) is 0.446. The maximum atomic E-state index is 11.9. The van der Waals surface area contributed by atoms with Gasteiger partial charge in [0.05, 0.1) is 19.8 Å². The molecule has 1 rings (SSSR count). The van der Waals surface area contributed by atoms with Crippen LogP contribution in [0.4, 0.5) is 0 Å². The fourth-order valence-electron chi connectivity index (χ4n) is 1.70. The smallest absolute Gasteiger partial charge is 0.251 e. The molecule has 0 aliphatic rings. The van der Waals surface area contributed by atoms with Crippen LogP contribution < -0.4 is 15.4 Å².